The number of nitrogens with zero attached hydrogens (tertiary/aromatic N) is 1. The van der Waals surface area contributed by atoms with Gasteiger partial charge in [0.1, 0.15) is 0 Å². The minimum atomic E-state index is -0.156. The van der Waals surface area contributed by atoms with Gasteiger partial charge < -0.3 is 11.1 Å². The Hall–Kier alpha value is -1.55. The average Bonchev–Trinajstić information content (AvgIpc) is 2.45. The van der Waals surface area contributed by atoms with Crippen LogP contribution in [0.5, 0.6) is 0 Å². The average molecular weight is 291 g/mol. The van der Waals surface area contributed by atoms with Gasteiger partial charge in [-0.15, -0.1) is 0 Å². The van der Waals surface area contributed by atoms with Crippen LogP contribution in [0.15, 0.2) is 24.3 Å². The second kappa shape index (κ2) is 8.03. The van der Waals surface area contributed by atoms with Crippen LogP contribution in [0.4, 0.5) is 5.69 Å². The van der Waals surface area contributed by atoms with Crippen molar-refractivity contribution < 1.29 is 4.79 Å². The van der Waals surface area contributed by atoms with E-state index in [0.717, 1.165) is 18.7 Å². The molecule has 4 nitrogen and oxygen atoms in total. The van der Waals surface area contributed by atoms with Crippen LogP contribution in [-0.4, -0.2) is 28.9 Å². The number of nitrogens with two attached hydrogens (primary N) is 1. The van der Waals surface area contributed by atoms with Gasteiger partial charge in [-0.1, -0.05) is 19.1 Å². The molecule has 0 aliphatic heterocycles. The third-order valence-electron chi connectivity index (χ3n) is 3.89. The van der Waals surface area contributed by atoms with E-state index in [4.69, 9.17) is 5.73 Å². The van der Waals surface area contributed by atoms with E-state index in [2.05, 4.69) is 31.0 Å². The predicted octanol–water partition coefficient (Wildman–Crippen LogP) is 2.78. The number of hydrogen-bond donors (Lipinski definition) is 2. The lowest BCUT2D eigenvalue weighted by atomic mass is 10.1. The van der Waals surface area contributed by atoms with Gasteiger partial charge in [0.05, 0.1) is 6.04 Å². The molecule has 0 fully saturated rings. The highest BCUT2D eigenvalue weighted by Crippen LogP contribution is 2.14. The summed E-state index contributed by atoms with van der Waals surface area (Å²) in [7, 11) is 0. The molecule has 0 saturated heterocycles. The minimum Gasteiger partial charge on any atom is -0.399 e. The molecule has 3 N–H and O–H groups in total. The molecule has 0 aliphatic carbocycles. The van der Waals surface area contributed by atoms with E-state index < -0.39 is 0 Å². The Morgan fingerprint density at radius 3 is 2.24 bits per heavy atom. The molecule has 0 aromatic heterocycles. The summed E-state index contributed by atoms with van der Waals surface area (Å²) in [5.74, 6) is 0.0912. The van der Waals surface area contributed by atoms with Gasteiger partial charge >= 0.3 is 0 Å². The van der Waals surface area contributed by atoms with Gasteiger partial charge in [0.15, 0.2) is 0 Å². The monoisotopic (exact) mass is 291 g/mol. The van der Waals surface area contributed by atoms with Crippen molar-refractivity contribution in [2.45, 2.75) is 65.7 Å². The summed E-state index contributed by atoms with van der Waals surface area (Å²) < 4.78 is 0. The van der Waals surface area contributed by atoms with Gasteiger partial charge in [-0.25, -0.2) is 0 Å². The number of hydrogen-bond acceptors (Lipinski definition) is 3. The molecular formula is C17H29N3O. The molecule has 0 saturated carbocycles. The normalized spacial score (nSPS) is 14.2. The Morgan fingerprint density at radius 1 is 1.19 bits per heavy atom. The lowest BCUT2D eigenvalue weighted by molar-refractivity contribution is -0.127. The Balaban J connectivity index is 2.76. The number of nitrogens with one attached hydrogen (secondary N) is 1. The lowest BCUT2D eigenvalue weighted by Crippen LogP contribution is -2.49. The number of amides is 1. The zero-order valence-corrected chi connectivity index (χ0v) is 13.9. The topological polar surface area (TPSA) is 58.4 Å². The van der Waals surface area contributed by atoms with Crippen LogP contribution in [-0.2, 0) is 11.3 Å². The van der Waals surface area contributed by atoms with Crippen molar-refractivity contribution >= 4 is 11.6 Å². The fourth-order valence-corrected chi connectivity index (χ4v) is 2.22. The van der Waals surface area contributed by atoms with E-state index in [-0.39, 0.29) is 18.0 Å². The van der Waals surface area contributed by atoms with Gasteiger partial charge in [-0.2, -0.15) is 0 Å². The number of anilines is 1. The van der Waals surface area contributed by atoms with Crippen LogP contribution in [0, 0.1) is 0 Å². The molecule has 1 aromatic carbocycles. The van der Waals surface area contributed by atoms with Gasteiger partial charge in [0, 0.05) is 24.3 Å². The SMILES string of the molecule is CCC(C)NC(=O)C(C)N(Cc1ccc(N)cc1)C(C)C. The molecule has 21 heavy (non-hydrogen) atoms. The molecule has 1 amide bonds. The van der Waals surface area contributed by atoms with Crippen LogP contribution in [0.3, 0.4) is 0 Å². The summed E-state index contributed by atoms with van der Waals surface area (Å²) >= 11 is 0. The summed E-state index contributed by atoms with van der Waals surface area (Å²) in [5.41, 5.74) is 7.65. The van der Waals surface area contributed by atoms with Crippen molar-refractivity contribution in [2.24, 2.45) is 0 Å². The van der Waals surface area contributed by atoms with Gasteiger partial charge in [-0.3, -0.25) is 9.69 Å². The Labute approximate surface area is 128 Å². The first-order valence-corrected chi connectivity index (χ1v) is 7.75. The van der Waals surface area contributed by atoms with Crippen molar-refractivity contribution in [3.05, 3.63) is 29.8 Å². The maximum atomic E-state index is 12.3. The quantitative estimate of drug-likeness (QED) is 0.759. The Bertz CT molecular complexity index is 442. The number of carbonyl (C=O) groups excluding carboxylic acids is 1. The fourth-order valence-electron chi connectivity index (χ4n) is 2.22. The first-order valence-electron chi connectivity index (χ1n) is 7.75. The zero-order valence-electron chi connectivity index (χ0n) is 13.9. The van der Waals surface area contributed by atoms with Gasteiger partial charge in [-0.05, 0) is 51.8 Å². The first-order chi connectivity index (χ1) is 9.85. The van der Waals surface area contributed by atoms with E-state index >= 15 is 0 Å². The molecule has 0 bridgehead atoms. The molecule has 0 spiro atoms. The summed E-state index contributed by atoms with van der Waals surface area (Å²) in [6.07, 6.45) is 0.943. The lowest BCUT2D eigenvalue weighted by Gasteiger charge is -2.32. The maximum Gasteiger partial charge on any atom is 0.237 e. The highest BCUT2D eigenvalue weighted by atomic mass is 16.2. The molecule has 118 valence electrons. The number of benzene rings is 1. The molecule has 2 atom stereocenters. The van der Waals surface area contributed by atoms with Crippen LogP contribution in [0.2, 0.25) is 0 Å². The third-order valence-corrected chi connectivity index (χ3v) is 3.89. The van der Waals surface area contributed by atoms with Crippen molar-refractivity contribution in [3.63, 3.8) is 0 Å². The van der Waals surface area contributed by atoms with Crippen molar-refractivity contribution in [1.82, 2.24) is 10.2 Å². The van der Waals surface area contributed by atoms with Crippen LogP contribution >= 0.6 is 0 Å². The molecule has 0 aliphatic rings. The summed E-state index contributed by atoms with van der Waals surface area (Å²) in [6.45, 7) is 11.0. The smallest absolute Gasteiger partial charge is 0.237 e. The number of carbonyl (C=O) groups is 1. The number of rotatable bonds is 7. The van der Waals surface area contributed by atoms with Gasteiger partial charge in [0.25, 0.3) is 0 Å². The highest BCUT2D eigenvalue weighted by molar-refractivity contribution is 5.81. The van der Waals surface area contributed by atoms with Gasteiger partial charge in [0.2, 0.25) is 5.91 Å². The van der Waals surface area contributed by atoms with Crippen molar-refractivity contribution in [1.29, 1.82) is 0 Å². The van der Waals surface area contributed by atoms with Crippen LogP contribution < -0.4 is 11.1 Å². The van der Waals surface area contributed by atoms with E-state index in [0.29, 0.717) is 6.04 Å². The minimum absolute atomic E-state index is 0.0912. The second-order valence-electron chi connectivity index (χ2n) is 6.00. The molecule has 1 rings (SSSR count). The van der Waals surface area contributed by atoms with E-state index in [9.17, 15) is 4.79 Å². The van der Waals surface area contributed by atoms with Crippen molar-refractivity contribution in [3.8, 4) is 0 Å². The first kappa shape index (κ1) is 17.5. The highest BCUT2D eigenvalue weighted by Gasteiger charge is 2.24. The van der Waals surface area contributed by atoms with E-state index in [1.165, 1.54) is 5.56 Å². The molecule has 1 aromatic rings. The van der Waals surface area contributed by atoms with E-state index in [1.54, 1.807) is 0 Å². The molecular weight excluding hydrogens is 262 g/mol. The maximum absolute atomic E-state index is 12.3. The Morgan fingerprint density at radius 2 is 1.76 bits per heavy atom. The van der Waals surface area contributed by atoms with Crippen LogP contribution in [0.1, 0.15) is 46.6 Å². The van der Waals surface area contributed by atoms with Crippen molar-refractivity contribution in [2.75, 3.05) is 5.73 Å². The fraction of sp³-hybridized carbons (Fsp3) is 0.588. The molecule has 0 radical (unpaired) electrons. The summed E-state index contributed by atoms with van der Waals surface area (Å²) in [5, 5.41) is 3.06. The largest absolute Gasteiger partial charge is 0.399 e. The number of nitrogen functional groups attached to an aromatic ring is 1. The second-order valence-corrected chi connectivity index (χ2v) is 6.00. The van der Waals surface area contributed by atoms with E-state index in [1.807, 2.05) is 38.1 Å². The molecule has 4 heteroatoms. The standard InChI is InChI=1S/C17H29N3O/c1-6-13(4)19-17(21)14(5)20(12(2)3)11-15-7-9-16(18)10-8-15/h7-10,12-14H,6,11,18H2,1-5H3,(H,19,21). The third kappa shape index (κ3) is 5.38. The molecule has 2 unspecified atom stereocenters. The summed E-state index contributed by atoms with van der Waals surface area (Å²) in [4.78, 5) is 14.5. The van der Waals surface area contributed by atoms with Crippen LogP contribution in [0.25, 0.3) is 0 Å². The Kier molecular flexibility index (Phi) is 6.69. The molecule has 0 heterocycles. The predicted molar refractivity (Wildman–Crippen MR) is 88.9 cm³/mol. The summed E-state index contributed by atoms with van der Waals surface area (Å²) in [6, 6.07) is 8.19. The zero-order chi connectivity index (χ0) is 16.0.